The standard InChI is InChI=1S/C15H20N2O6/c1-9(13(19)17-12(10(2)18)14(20)21)16-15(22)23-8-11-6-4-3-5-7-11/h3-7,9-10,12,18H,8H2,1-2H3,(H,16,22)(H,17,19)(H,20,21)/t9-,10+,12+/m1/s1. The summed E-state index contributed by atoms with van der Waals surface area (Å²) in [6.07, 6.45) is -2.07. The Morgan fingerprint density at radius 2 is 1.74 bits per heavy atom. The first-order valence-corrected chi connectivity index (χ1v) is 6.99. The van der Waals surface area contributed by atoms with E-state index in [1.54, 1.807) is 24.3 Å². The van der Waals surface area contributed by atoms with E-state index in [0.717, 1.165) is 5.56 Å². The second kappa shape index (κ2) is 8.74. The molecular formula is C15H20N2O6. The van der Waals surface area contributed by atoms with Crippen LogP contribution in [0.1, 0.15) is 19.4 Å². The minimum atomic E-state index is -1.45. The van der Waals surface area contributed by atoms with Gasteiger partial charge in [-0.05, 0) is 19.4 Å². The Balaban J connectivity index is 2.44. The van der Waals surface area contributed by atoms with Crippen molar-refractivity contribution in [2.45, 2.75) is 38.6 Å². The first kappa shape index (κ1) is 18.4. The molecule has 0 unspecified atom stereocenters. The molecule has 8 heteroatoms. The third-order valence-corrected chi connectivity index (χ3v) is 2.99. The SMILES string of the molecule is C[C@H](O)[C@H](NC(=O)[C@@H](C)NC(=O)OCc1ccccc1)C(=O)O. The summed E-state index contributed by atoms with van der Waals surface area (Å²) >= 11 is 0. The highest BCUT2D eigenvalue weighted by Gasteiger charge is 2.27. The minimum Gasteiger partial charge on any atom is -0.480 e. The normalized spacial score (nSPS) is 14.2. The quantitative estimate of drug-likeness (QED) is 0.570. The monoisotopic (exact) mass is 324 g/mol. The molecule has 0 bridgehead atoms. The second-order valence-electron chi connectivity index (χ2n) is 4.99. The number of carboxylic acids is 1. The molecule has 1 rings (SSSR count). The van der Waals surface area contributed by atoms with Crippen molar-refractivity contribution in [1.82, 2.24) is 10.6 Å². The van der Waals surface area contributed by atoms with E-state index in [4.69, 9.17) is 9.84 Å². The molecule has 23 heavy (non-hydrogen) atoms. The Morgan fingerprint density at radius 1 is 1.13 bits per heavy atom. The van der Waals surface area contributed by atoms with Crippen molar-refractivity contribution in [3.8, 4) is 0 Å². The summed E-state index contributed by atoms with van der Waals surface area (Å²) in [7, 11) is 0. The lowest BCUT2D eigenvalue weighted by atomic mass is 10.1. The number of aliphatic hydroxyl groups excluding tert-OH is 1. The highest BCUT2D eigenvalue weighted by molar-refractivity contribution is 5.89. The van der Waals surface area contributed by atoms with Crippen LogP contribution in [-0.4, -0.2) is 46.4 Å². The molecule has 0 saturated heterocycles. The average Bonchev–Trinajstić information content (AvgIpc) is 2.50. The minimum absolute atomic E-state index is 0.0481. The third kappa shape index (κ3) is 6.35. The Labute approximate surface area is 133 Å². The van der Waals surface area contributed by atoms with E-state index in [2.05, 4.69) is 10.6 Å². The van der Waals surface area contributed by atoms with E-state index in [0.29, 0.717) is 0 Å². The molecule has 0 aliphatic carbocycles. The van der Waals surface area contributed by atoms with Crippen LogP contribution in [0.3, 0.4) is 0 Å². The predicted molar refractivity (Wildman–Crippen MR) is 80.5 cm³/mol. The van der Waals surface area contributed by atoms with Crippen molar-refractivity contribution in [1.29, 1.82) is 0 Å². The zero-order chi connectivity index (χ0) is 17.4. The summed E-state index contributed by atoms with van der Waals surface area (Å²) in [6, 6.07) is 6.53. The van der Waals surface area contributed by atoms with Gasteiger partial charge < -0.3 is 25.6 Å². The third-order valence-electron chi connectivity index (χ3n) is 2.99. The zero-order valence-corrected chi connectivity index (χ0v) is 12.9. The van der Waals surface area contributed by atoms with Gasteiger partial charge in [0.1, 0.15) is 12.6 Å². The van der Waals surface area contributed by atoms with E-state index in [9.17, 15) is 19.5 Å². The summed E-state index contributed by atoms with van der Waals surface area (Å²) in [5.41, 5.74) is 0.791. The van der Waals surface area contributed by atoms with Crippen LogP contribution in [0.5, 0.6) is 0 Å². The molecule has 0 aromatic heterocycles. The molecule has 0 spiro atoms. The lowest BCUT2D eigenvalue weighted by Gasteiger charge is -2.20. The molecule has 8 nitrogen and oxygen atoms in total. The van der Waals surface area contributed by atoms with E-state index in [-0.39, 0.29) is 6.61 Å². The molecule has 0 heterocycles. The van der Waals surface area contributed by atoms with Crippen LogP contribution in [0, 0.1) is 0 Å². The summed E-state index contributed by atoms with van der Waals surface area (Å²) in [5, 5.41) is 22.6. The van der Waals surface area contributed by atoms with Crippen molar-refractivity contribution in [2.75, 3.05) is 0 Å². The zero-order valence-electron chi connectivity index (χ0n) is 12.9. The maximum Gasteiger partial charge on any atom is 0.408 e. The Bertz CT molecular complexity index is 546. The number of carboxylic acid groups (broad SMARTS) is 1. The van der Waals surface area contributed by atoms with Gasteiger partial charge in [0.2, 0.25) is 5.91 Å². The largest absolute Gasteiger partial charge is 0.480 e. The van der Waals surface area contributed by atoms with Crippen molar-refractivity contribution in [3.05, 3.63) is 35.9 Å². The smallest absolute Gasteiger partial charge is 0.408 e. The van der Waals surface area contributed by atoms with Crippen LogP contribution >= 0.6 is 0 Å². The van der Waals surface area contributed by atoms with Crippen LogP contribution in [-0.2, 0) is 20.9 Å². The maximum atomic E-state index is 11.8. The highest BCUT2D eigenvalue weighted by Crippen LogP contribution is 2.01. The molecule has 0 fully saturated rings. The molecule has 0 saturated carbocycles. The first-order valence-electron chi connectivity index (χ1n) is 6.99. The number of amides is 2. The van der Waals surface area contributed by atoms with Crippen molar-refractivity contribution in [3.63, 3.8) is 0 Å². The van der Waals surface area contributed by atoms with Crippen LogP contribution in [0.2, 0.25) is 0 Å². The van der Waals surface area contributed by atoms with Crippen LogP contribution in [0.15, 0.2) is 30.3 Å². The predicted octanol–water partition coefficient (Wildman–Crippen LogP) is 0.251. The molecule has 4 N–H and O–H groups in total. The Hall–Kier alpha value is -2.61. The van der Waals surface area contributed by atoms with Crippen molar-refractivity contribution < 1.29 is 29.3 Å². The lowest BCUT2D eigenvalue weighted by Crippen LogP contribution is -2.53. The molecule has 3 atom stereocenters. The molecule has 1 aromatic carbocycles. The van der Waals surface area contributed by atoms with E-state index in [1.165, 1.54) is 13.8 Å². The molecule has 0 aliphatic heterocycles. The molecular weight excluding hydrogens is 304 g/mol. The second-order valence-corrected chi connectivity index (χ2v) is 4.99. The Morgan fingerprint density at radius 3 is 2.26 bits per heavy atom. The summed E-state index contributed by atoms with van der Waals surface area (Å²) in [4.78, 5) is 34.3. The number of rotatable bonds is 7. The fourth-order valence-electron chi connectivity index (χ4n) is 1.67. The maximum absolute atomic E-state index is 11.8. The van der Waals surface area contributed by atoms with Gasteiger partial charge in [-0.3, -0.25) is 4.79 Å². The van der Waals surface area contributed by atoms with E-state index < -0.39 is 36.2 Å². The highest BCUT2D eigenvalue weighted by atomic mass is 16.5. The molecule has 0 radical (unpaired) electrons. The fourth-order valence-corrected chi connectivity index (χ4v) is 1.67. The van der Waals surface area contributed by atoms with Crippen molar-refractivity contribution in [2.24, 2.45) is 0 Å². The number of ether oxygens (including phenoxy) is 1. The average molecular weight is 324 g/mol. The summed E-state index contributed by atoms with van der Waals surface area (Å²) in [5.74, 6) is -2.11. The van der Waals surface area contributed by atoms with Gasteiger partial charge in [0, 0.05) is 0 Å². The number of hydrogen-bond acceptors (Lipinski definition) is 5. The number of benzene rings is 1. The van der Waals surface area contributed by atoms with Gasteiger partial charge in [-0.15, -0.1) is 0 Å². The van der Waals surface area contributed by atoms with Crippen LogP contribution in [0.25, 0.3) is 0 Å². The molecule has 1 aromatic rings. The molecule has 2 amide bonds. The summed E-state index contributed by atoms with van der Waals surface area (Å²) < 4.78 is 4.95. The number of aliphatic carboxylic acids is 1. The number of carbonyl (C=O) groups excluding carboxylic acids is 2. The van der Waals surface area contributed by atoms with Gasteiger partial charge in [0.25, 0.3) is 0 Å². The number of hydrogen-bond donors (Lipinski definition) is 4. The van der Waals surface area contributed by atoms with Gasteiger partial charge in [-0.1, -0.05) is 30.3 Å². The van der Waals surface area contributed by atoms with E-state index >= 15 is 0 Å². The lowest BCUT2D eigenvalue weighted by molar-refractivity contribution is -0.145. The molecule has 126 valence electrons. The van der Waals surface area contributed by atoms with Crippen LogP contribution in [0.4, 0.5) is 4.79 Å². The Kier molecular flexibility index (Phi) is 7.01. The number of nitrogens with one attached hydrogen (secondary N) is 2. The van der Waals surface area contributed by atoms with Crippen molar-refractivity contribution >= 4 is 18.0 Å². The number of carbonyl (C=O) groups is 3. The van der Waals surface area contributed by atoms with E-state index in [1.807, 2.05) is 6.07 Å². The van der Waals surface area contributed by atoms with Gasteiger partial charge in [0.05, 0.1) is 6.10 Å². The van der Waals surface area contributed by atoms with Gasteiger partial charge in [-0.25, -0.2) is 9.59 Å². The first-order chi connectivity index (χ1) is 10.8. The number of aliphatic hydroxyl groups is 1. The van der Waals surface area contributed by atoms with Crippen LogP contribution < -0.4 is 10.6 Å². The van der Waals surface area contributed by atoms with Gasteiger partial charge in [0.15, 0.2) is 6.04 Å². The molecule has 0 aliphatic rings. The van der Waals surface area contributed by atoms with Gasteiger partial charge in [-0.2, -0.15) is 0 Å². The fraction of sp³-hybridized carbons (Fsp3) is 0.400. The topological polar surface area (TPSA) is 125 Å². The number of alkyl carbamates (subject to hydrolysis) is 1. The van der Waals surface area contributed by atoms with Gasteiger partial charge >= 0.3 is 12.1 Å². The summed E-state index contributed by atoms with van der Waals surface area (Å²) in [6.45, 7) is 2.66.